The first-order valence-corrected chi connectivity index (χ1v) is 11.7. The molecule has 0 spiro atoms. The van der Waals surface area contributed by atoms with E-state index >= 15 is 0 Å². The number of carbonyl (C=O) groups excluding carboxylic acids is 4. The number of hydrazine groups is 1. The van der Waals surface area contributed by atoms with Gasteiger partial charge < -0.3 is 5.32 Å². The van der Waals surface area contributed by atoms with Crippen molar-refractivity contribution in [2.75, 3.05) is 6.54 Å². The molecular formula is C23H25ClN4O4S. The van der Waals surface area contributed by atoms with Crippen LogP contribution in [0, 0.1) is 0 Å². The number of imide groups is 1. The molecule has 0 bridgehead atoms. The molecule has 1 aliphatic heterocycles. The van der Waals surface area contributed by atoms with Crippen LogP contribution in [0.4, 0.5) is 4.79 Å². The van der Waals surface area contributed by atoms with E-state index in [0.717, 1.165) is 21.1 Å². The van der Waals surface area contributed by atoms with Crippen molar-refractivity contribution in [2.45, 2.75) is 42.9 Å². The first kappa shape index (κ1) is 24.6. The minimum Gasteiger partial charge on any atom is -0.324 e. The molecule has 3 N–H and O–H groups in total. The average molecular weight is 489 g/mol. The first-order valence-electron chi connectivity index (χ1n) is 10.4. The minimum absolute atomic E-state index is 0.0542. The van der Waals surface area contributed by atoms with Gasteiger partial charge in [-0.3, -0.25) is 30.1 Å². The van der Waals surface area contributed by atoms with Crippen LogP contribution in [0.15, 0.2) is 53.4 Å². The number of hydrogen-bond acceptors (Lipinski definition) is 5. The Balaban J connectivity index is 1.38. The number of urea groups is 1. The van der Waals surface area contributed by atoms with Gasteiger partial charge in [0.25, 0.3) is 11.8 Å². The quantitative estimate of drug-likeness (QED) is 0.299. The van der Waals surface area contributed by atoms with Crippen molar-refractivity contribution in [2.24, 2.45) is 0 Å². The maximum atomic E-state index is 12.3. The molecule has 1 fully saturated rings. The number of carbonyl (C=O) groups is 4. The van der Waals surface area contributed by atoms with Crippen molar-refractivity contribution in [3.63, 3.8) is 0 Å². The fourth-order valence-electron chi connectivity index (χ4n) is 3.13. The number of rotatable bonds is 8. The normalized spacial score (nSPS) is 14.7. The van der Waals surface area contributed by atoms with Gasteiger partial charge in [-0.15, -0.1) is 11.8 Å². The molecule has 0 aromatic heterocycles. The van der Waals surface area contributed by atoms with Crippen molar-refractivity contribution in [1.29, 1.82) is 0 Å². The van der Waals surface area contributed by atoms with E-state index in [-0.39, 0.29) is 25.3 Å². The van der Waals surface area contributed by atoms with Crippen LogP contribution in [0.5, 0.6) is 0 Å². The summed E-state index contributed by atoms with van der Waals surface area (Å²) in [5.41, 5.74) is 5.26. The molecular weight excluding hydrogens is 464 g/mol. The highest BCUT2D eigenvalue weighted by Crippen LogP contribution is 2.24. The van der Waals surface area contributed by atoms with Crippen LogP contribution in [-0.4, -0.2) is 40.7 Å². The molecule has 10 heteroatoms. The zero-order valence-electron chi connectivity index (χ0n) is 18.3. The molecule has 1 aliphatic rings. The number of thioether (sulfide) groups is 1. The first-order chi connectivity index (χ1) is 15.7. The second kappa shape index (κ2) is 10.7. The minimum atomic E-state index is -0.933. The molecule has 0 unspecified atom stereocenters. The number of nitrogens with one attached hydrogen (secondary N) is 3. The number of benzene rings is 2. The van der Waals surface area contributed by atoms with Crippen LogP contribution < -0.4 is 16.2 Å². The molecule has 1 saturated heterocycles. The fraction of sp³-hybridized carbons (Fsp3) is 0.304. The Kier molecular flexibility index (Phi) is 7.99. The standard InChI is InChI=1S/C23H25ClN4O4S/c1-23(2)21(31)28(22(32)25-23)13-3-4-19(29)26-27-20(30)16-7-5-15(6-8-16)14-33-18-11-9-17(24)10-12-18/h5-12H,3-4,13-14H2,1-2H3,(H,25,32)(H,26,29)(H,27,30). The van der Waals surface area contributed by atoms with Gasteiger partial charge in [0.2, 0.25) is 5.91 Å². The van der Waals surface area contributed by atoms with Crippen molar-refractivity contribution in [1.82, 2.24) is 21.1 Å². The second-order valence-electron chi connectivity index (χ2n) is 8.06. The molecule has 2 aromatic carbocycles. The summed E-state index contributed by atoms with van der Waals surface area (Å²) >= 11 is 7.55. The van der Waals surface area contributed by atoms with Crippen molar-refractivity contribution < 1.29 is 19.2 Å². The maximum Gasteiger partial charge on any atom is 0.325 e. The predicted molar refractivity (Wildman–Crippen MR) is 127 cm³/mol. The Hall–Kier alpha value is -3.04. The topological polar surface area (TPSA) is 108 Å². The zero-order valence-corrected chi connectivity index (χ0v) is 19.9. The summed E-state index contributed by atoms with van der Waals surface area (Å²) in [6.45, 7) is 3.38. The lowest BCUT2D eigenvalue weighted by molar-refractivity contribution is -0.130. The summed E-state index contributed by atoms with van der Waals surface area (Å²) in [5, 5.41) is 3.28. The highest BCUT2D eigenvalue weighted by atomic mass is 35.5. The molecule has 8 nitrogen and oxygen atoms in total. The van der Waals surface area contributed by atoms with E-state index in [0.29, 0.717) is 10.6 Å². The summed E-state index contributed by atoms with van der Waals surface area (Å²) in [5.74, 6) is -0.424. The Labute approximate surface area is 201 Å². The van der Waals surface area contributed by atoms with Crippen molar-refractivity contribution in [3.8, 4) is 0 Å². The van der Waals surface area contributed by atoms with Crippen molar-refractivity contribution >= 4 is 47.1 Å². The molecule has 3 rings (SSSR count). The van der Waals surface area contributed by atoms with Crippen LogP contribution in [-0.2, 0) is 15.3 Å². The fourth-order valence-corrected chi connectivity index (χ4v) is 4.11. The summed E-state index contributed by atoms with van der Waals surface area (Å²) in [7, 11) is 0. The lowest BCUT2D eigenvalue weighted by Gasteiger charge is -2.15. The zero-order chi connectivity index (χ0) is 24.0. The Morgan fingerprint density at radius 2 is 1.70 bits per heavy atom. The maximum absolute atomic E-state index is 12.3. The Morgan fingerprint density at radius 3 is 2.30 bits per heavy atom. The summed E-state index contributed by atoms with van der Waals surface area (Å²) in [6, 6.07) is 14.2. The summed E-state index contributed by atoms with van der Waals surface area (Å²) in [4.78, 5) is 50.4. The van der Waals surface area contributed by atoms with Gasteiger partial charge in [0.1, 0.15) is 5.54 Å². The number of nitrogens with zero attached hydrogens (tertiary/aromatic N) is 1. The van der Waals surface area contributed by atoms with E-state index in [2.05, 4.69) is 16.2 Å². The van der Waals surface area contributed by atoms with Gasteiger partial charge in [0.05, 0.1) is 0 Å². The molecule has 0 atom stereocenters. The largest absolute Gasteiger partial charge is 0.325 e. The van der Waals surface area contributed by atoms with E-state index < -0.39 is 23.4 Å². The van der Waals surface area contributed by atoms with E-state index in [4.69, 9.17) is 11.6 Å². The van der Waals surface area contributed by atoms with Crippen LogP contribution in [0.2, 0.25) is 5.02 Å². The number of hydrogen-bond donors (Lipinski definition) is 3. The Bertz CT molecular complexity index is 1040. The molecule has 0 saturated carbocycles. The number of halogens is 1. The molecule has 0 radical (unpaired) electrons. The molecule has 5 amide bonds. The smallest absolute Gasteiger partial charge is 0.324 e. The van der Waals surface area contributed by atoms with Gasteiger partial charge in [-0.1, -0.05) is 23.7 Å². The van der Waals surface area contributed by atoms with Gasteiger partial charge in [0, 0.05) is 34.2 Å². The second-order valence-corrected chi connectivity index (χ2v) is 9.54. The molecule has 1 heterocycles. The molecule has 174 valence electrons. The monoisotopic (exact) mass is 488 g/mol. The van der Waals surface area contributed by atoms with Gasteiger partial charge in [-0.25, -0.2) is 4.79 Å². The van der Waals surface area contributed by atoms with Gasteiger partial charge in [0.15, 0.2) is 0 Å². The van der Waals surface area contributed by atoms with E-state index in [1.165, 1.54) is 0 Å². The Morgan fingerprint density at radius 1 is 1.03 bits per heavy atom. The lowest BCUT2D eigenvalue weighted by Crippen LogP contribution is -2.42. The predicted octanol–water partition coefficient (Wildman–Crippen LogP) is 3.50. The van der Waals surface area contributed by atoms with E-state index in [1.807, 2.05) is 36.4 Å². The lowest BCUT2D eigenvalue weighted by atomic mass is 10.1. The molecule has 33 heavy (non-hydrogen) atoms. The molecule has 2 aromatic rings. The van der Waals surface area contributed by atoms with Gasteiger partial charge >= 0.3 is 6.03 Å². The molecule has 0 aliphatic carbocycles. The third kappa shape index (κ3) is 6.72. The summed E-state index contributed by atoms with van der Waals surface area (Å²) < 4.78 is 0. The van der Waals surface area contributed by atoms with Gasteiger partial charge in [-0.2, -0.15) is 0 Å². The summed E-state index contributed by atoms with van der Waals surface area (Å²) in [6.07, 6.45) is 0.343. The van der Waals surface area contributed by atoms with Crippen LogP contribution in [0.3, 0.4) is 0 Å². The van der Waals surface area contributed by atoms with Crippen molar-refractivity contribution in [3.05, 3.63) is 64.7 Å². The number of amides is 5. The van der Waals surface area contributed by atoms with Crippen LogP contribution in [0.1, 0.15) is 42.6 Å². The average Bonchev–Trinajstić information content (AvgIpc) is 2.98. The third-order valence-electron chi connectivity index (χ3n) is 4.98. The highest BCUT2D eigenvalue weighted by Gasteiger charge is 2.43. The van der Waals surface area contributed by atoms with Gasteiger partial charge in [-0.05, 0) is 62.2 Å². The van der Waals surface area contributed by atoms with Crippen LogP contribution in [0.25, 0.3) is 0 Å². The van der Waals surface area contributed by atoms with Crippen LogP contribution >= 0.6 is 23.4 Å². The van der Waals surface area contributed by atoms with E-state index in [1.54, 1.807) is 37.7 Å². The SMILES string of the molecule is CC1(C)NC(=O)N(CCCC(=O)NNC(=O)c2ccc(CSc3ccc(Cl)cc3)cc2)C1=O. The third-order valence-corrected chi connectivity index (χ3v) is 6.32. The highest BCUT2D eigenvalue weighted by molar-refractivity contribution is 7.98. The van der Waals surface area contributed by atoms with E-state index in [9.17, 15) is 19.2 Å².